The van der Waals surface area contributed by atoms with Gasteiger partial charge in [-0.05, 0) is 86.8 Å². The minimum Gasteiger partial charge on any atom is -0.396 e. The topological polar surface area (TPSA) is 169 Å². The van der Waals surface area contributed by atoms with Gasteiger partial charge in [0.1, 0.15) is 11.6 Å². The van der Waals surface area contributed by atoms with Crippen molar-refractivity contribution in [3.8, 4) is 0 Å². The molecule has 2 aliphatic heterocycles. The maximum Gasteiger partial charge on any atom is 0.222 e. The quantitative estimate of drug-likeness (QED) is 0.153. The van der Waals surface area contributed by atoms with Gasteiger partial charge >= 0.3 is 0 Å². The predicted molar refractivity (Wildman–Crippen MR) is 207 cm³/mol. The van der Waals surface area contributed by atoms with Crippen molar-refractivity contribution in [2.24, 2.45) is 0 Å². The Kier molecular flexibility index (Phi) is 14.7. The molecule has 2 saturated heterocycles. The van der Waals surface area contributed by atoms with Gasteiger partial charge < -0.3 is 41.0 Å². The predicted octanol–water partition coefficient (Wildman–Crippen LogP) is 5.83. The van der Waals surface area contributed by atoms with Crippen LogP contribution in [0.4, 0.5) is 23.5 Å². The van der Waals surface area contributed by atoms with Crippen LogP contribution in [0.2, 0.25) is 10.0 Å². The summed E-state index contributed by atoms with van der Waals surface area (Å²) in [4.78, 5) is 21.6. The summed E-state index contributed by atoms with van der Waals surface area (Å²) in [5.74, 6) is 2.13. The first-order valence-corrected chi connectivity index (χ1v) is 18.6. The lowest BCUT2D eigenvalue weighted by molar-refractivity contribution is 0.134. The van der Waals surface area contributed by atoms with Crippen molar-refractivity contribution < 1.29 is 19.7 Å². The number of hydrogen-bond donors (Lipinski definition) is 4. The summed E-state index contributed by atoms with van der Waals surface area (Å²) in [6.07, 6.45) is 4.89. The molecule has 2 aliphatic rings. The molecular formula is C38H50Cl2N8O4. The Morgan fingerprint density at radius 3 is 1.48 bits per heavy atom. The Bertz CT molecular complexity index is 1600. The standard InChI is InChI=1S/2C19H25ClN4O2/c2*1-13-10-18(23-19(21)22-13)24-7-3-9-26-12-17(24)15-11-14(4-2-8-25)5-6-16(15)20/h2*5-6,10-11,17,25H,2-4,7-9,12H2,1H3,(H2,21,22,23)/t2*17-/m10/s1. The smallest absolute Gasteiger partial charge is 0.222 e. The number of benzene rings is 2. The van der Waals surface area contributed by atoms with Gasteiger partial charge in [-0.2, -0.15) is 9.97 Å². The van der Waals surface area contributed by atoms with E-state index in [1.807, 2.05) is 50.2 Å². The van der Waals surface area contributed by atoms with E-state index in [-0.39, 0.29) is 37.2 Å². The number of anilines is 4. The van der Waals surface area contributed by atoms with Crippen LogP contribution in [0.25, 0.3) is 0 Å². The second kappa shape index (κ2) is 19.3. The zero-order valence-electron chi connectivity index (χ0n) is 30.0. The van der Waals surface area contributed by atoms with Crippen LogP contribution in [0.3, 0.4) is 0 Å². The number of ether oxygens (including phenoxy) is 2. The van der Waals surface area contributed by atoms with Crippen LogP contribution in [-0.2, 0) is 22.3 Å². The van der Waals surface area contributed by atoms with Gasteiger partial charge in [-0.15, -0.1) is 0 Å². The highest BCUT2D eigenvalue weighted by atomic mass is 35.5. The van der Waals surface area contributed by atoms with E-state index in [4.69, 9.17) is 54.4 Å². The number of aliphatic hydroxyl groups is 2. The number of rotatable bonds is 10. The van der Waals surface area contributed by atoms with E-state index in [1.54, 1.807) is 0 Å². The summed E-state index contributed by atoms with van der Waals surface area (Å²) in [6.45, 7) is 8.25. The van der Waals surface area contributed by atoms with Crippen LogP contribution in [-0.4, -0.2) is 82.9 Å². The van der Waals surface area contributed by atoms with Gasteiger partial charge in [0.15, 0.2) is 0 Å². The van der Waals surface area contributed by atoms with Gasteiger partial charge in [-0.3, -0.25) is 0 Å². The van der Waals surface area contributed by atoms with Gasteiger partial charge in [0.25, 0.3) is 0 Å². The zero-order chi connectivity index (χ0) is 37.0. The van der Waals surface area contributed by atoms with Crippen molar-refractivity contribution in [3.63, 3.8) is 0 Å². The van der Waals surface area contributed by atoms with E-state index in [1.165, 1.54) is 0 Å². The van der Waals surface area contributed by atoms with Gasteiger partial charge in [0.2, 0.25) is 11.9 Å². The number of aromatic nitrogens is 4. The number of nitrogen functional groups attached to an aromatic ring is 2. The Morgan fingerprint density at radius 2 is 1.10 bits per heavy atom. The van der Waals surface area contributed by atoms with Crippen LogP contribution in [0, 0.1) is 13.8 Å². The molecule has 4 aromatic rings. The molecule has 0 bridgehead atoms. The zero-order valence-corrected chi connectivity index (χ0v) is 31.5. The molecule has 0 aliphatic carbocycles. The van der Waals surface area contributed by atoms with Gasteiger partial charge in [-0.25, -0.2) is 9.97 Å². The first-order valence-electron chi connectivity index (χ1n) is 17.9. The minimum atomic E-state index is -0.0484. The third kappa shape index (κ3) is 10.6. The number of aryl methyl sites for hydroxylation is 4. The molecule has 280 valence electrons. The minimum absolute atomic E-state index is 0.0484. The van der Waals surface area contributed by atoms with Crippen molar-refractivity contribution in [1.29, 1.82) is 0 Å². The lowest BCUT2D eigenvalue weighted by atomic mass is 10.0. The maximum atomic E-state index is 9.10. The molecule has 2 atom stereocenters. The van der Waals surface area contributed by atoms with Crippen molar-refractivity contribution in [3.05, 3.63) is 92.2 Å². The molecule has 6 rings (SSSR count). The van der Waals surface area contributed by atoms with E-state index < -0.39 is 0 Å². The fourth-order valence-corrected chi connectivity index (χ4v) is 7.12. The molecule has 0 saturated carbocycles. The molecule has 12 nitrogen and oxygen atoms in total. The summed E-state index contributed by atoms with van der Waals surface area (Å²) in [6, 6.07) is 15.9. The molecule has 4 heterocycles. The molecule has 6 N–H and O–H groups in total. The normalized spacial score (nSPS) is 18.0. The molecule has 2 aromatic carbocycles. The number of hydrogen-bond acceptors (Lipinski definition) is 12. The van der Waals surface area contributed by atoms with E-state index in [0.29, 0.717) is 36.5 Å². The summed E-state index contributed by atoms with van der Waals surface area (Å²) in [7, 11) is 0. The Balaban J connectivity index is 0.000000201. The van der Waals surface area contributed by atoms with Crippen molar-refractivity contribution in [2.75, 3.05) is 74.0 Å². The highest BCUT2D eigenvalue weighted by Gasteiger charge is 2.28. The first-order chi connectivity index (χ1) is 25.2. The van der Waals surface area contributed by atoms with Crippen LogP contribution in [0.5, 0.6) is 0 Å². The van der Waals surface area contributed by atoms with E-state index >= 15 is 0 Å². The van der Waals surface area contributed by atoms with Gasteiger partial charge in [-0.1, -0.05) is 47.5 Å². The summed E-state index contributed by atoms with van der Waals surface area (Å²) < 4.78 is 11.7. The average Bonchev–Trinajstić information content (AvgIpc) is 3.52. The maximum absolute atomic E-state index is 9.10. The monoisotopic (exact) mass is 752 g/mol. The second-order valence-electron chi connectivity index (χ2n) is 13.1. The van der Waals surface area contributed by atoms with Gasteiger partial charge in [0.05, 0.1) is 25.3 Å². The van der Waals surface area contributed by atoms with Crippen LogP contribution < -0.4 is 21.3 Å². The lowest BCUT2D eigenvalue weighted by Gasteiger charge is -2.31. The molecule has 52 heavy (non-hydrogen) atoms. The van der Waals surface area contributed by atoms with E-state index in [2.05, 4.69) is 41.9 Å². The van der Waals surface area contributed by atoms with Crippen LogP contribution >= 0.6 is 23.2 Å². The Labute approximate surface area is 316 Å². The van der Waals surface area contributed by atoms with E-state index in [0.717, 1.165) is 96.9 Å². The molecular weight excluding hydrogens is 703 g/mol. The summed E-state index contributed by atoms with van der Waals surface area (Å²) >= 11 is 13.1. The third-order valence-corrected chi connectivity index (χ3v) is 9.76. The molecule has 2 aromatic heterocycles. The molecule has 2 fully saturated rings. The molecule has 14 heteroatoms. The largest absolute Gasteiger partial charge is 0.396 e. The Hall–Kier alpha value is -3.78. The molecule has 0 unspecified atom stereocenters. The SMILES string of the molecule is Cc1cc(N2CCCOC[C@@H]2c2cc(CCCO)ccc2Cl)nc(N)n1.Cc1cc(N2CCCOC[C@H]2c2cc(CCCO)ccc2Cl)nc(N)n1. The molecule has 0 spiro atoms. The third-order valence-electron chi connectivity index (χ3n) is 9.07. The molecule has 0 radical (unpaired) electrons. The number of aliphatic hydroxyl groups excluding tert-OH is 2. The molecule has 0 amide bonds. The first kappa shape index (κ1) is 39.4. The summed E-state index contributed by atoms with van der Waals surface area (Å²) in [5.41, 5.74) is 17.7. The fraction of sp³-hybridized carbons (Fsp3) is 0.474. The highest BCUT2D eigenvalue weighted by Crippen LogP contribution is 2.35. The second-order valence-corrected chi connectivity index (χ2v) is 13.9. The van der Waals surface area contributed by atoms with Crippen molar-refractivity contribution >= 4 is 46.7 Å². The van der Waals surface area contributed by atoms with Crippen molar-refractivity contribution in [2.45, 2.75) is 64.5 Å². The Morgan fingerprint density at radius 1 is 0.673 bits per heavy atom. The van der Waals surface area contributed by atoms with Crippen molar-refractivity contribution in [1.82, 2.24) is 19.9 Å². The average molecular weight is 754 g/mol. The van der Waals surface area contributed by atoms with E-state index in [9.17, 15) is 0 Å². The highest BCUT2D eigenvalue weighted by molar-refractivity contribution is 6.31. The van der Waals surface area contributed by atoms with Crippen LogP contribution in [0.1, 0.15) is 71.4 Å². The number of nitrogens with two attached hydrogens (primary N) is 2. The fourth-order valence-electron chi connectivity index (χ4n) is 6.64. The number of halogens is 2. The lowest BCUT2D eigenvalue weighted by Crippen LogP contribution is -2.32. The summed E-state index contributed by atoms with van der Waals surface area (Å²) in [5, 5.41) is 19.6. The number of nitrogens with zero attached hydrogens (tertiary/aromatic N) is 6. The van der Waals surface area contributed by atoms with Gasteiger partial charge in [0, 0.05) is 73.1 Å². The van der Waals surface area contributed by atoms with Crippen LogP contribution in [0.15, 0.2) is 48.5 Å².